The Hall–Kier alpha value is -3.54. The van der Waals surface area contributed by atoms with Gasteiger partial charge in [0.15, 0.2) is 5.69 Å². The van der Waals surface area contributed by atoms with Gasteiger partial charge in [-0.15, -0.1) is 0 Å². The second kappa shape index (κ2) is 14.3. The number of carbonyl (C=O) groups excluding carboxylic acids is 3. The molecule has 1 fully saturated rings. The monoisotopic (exact) mass is 593 g/mol. The van der Waals surface area contributed by atoms with Crippen LogP contribution in [0.5, 0.6) is 0 Å². The topological polar surface area (TPSA) is 120 Å². The maximum absolute atomic E-state index is 13.7. The summed E-state index contributed by atoms with van der Waals surface area (Å²) >= 11 is 0. The summed E-state index contributed by atoms with van der Waals surface area (Å²) in [6, 6.07) is 1.86. The summed E-state index contributed by atoms with van der Waals surface area (Å²) in [5.74, 6) is 1.24. The molecule has 1 atom stereocenters. The number of hydrogen-bond donors (Lipinski definition) is 1. The molecule has 0 aromatic carbocycles. The van der Waals surface area contributed by atoms with Gasteiger partial charge in [0, 0.05) is 95.5 Å². The number of carbonyl (C=O) groups is 3. The Morgan fingerprint density at radius 1 is 1.02 bits per heavy atom. The molecule has 2 aromatic rings. The lowest BCUT2D eigenvalue weighted by Crippen LogP contribution is -2.51. The molecule has 12 nitrogen and oxygen atoms in total. The SMILES string of the molecule is CC(C)CCN1C(=O)CCCN(C(=O)CN2CCN(c3ncccn3)CC2)CCCNC(=O)c2nn(C)c3c2CC1CC3. The van der Waals surface area contributed by atoms with Gasteiger partial charge in [-0.2, -0.15) is 5.10 Å². The first-order chi connectivity index (χ1) is 20.8. The highest BCUT2D eigenvalue weighted by molar-refractivity contribution is 5.94. The number of piperazine rings is 1. The Labute approximate surface area is 254 Å². The van der Waals surface area contributed by atoms with E-state index in [0.29, 0.717) is 70.0 Å². The van der Waals surface area contributed by atoms with E-state index in [1.165, 1.54) is 0 Å². The normalized spacial score (nSPS) is 21.0. The Bertz CT molecular complexity index is 1260. The van der Waals surface area contributed by atoms with Gasteiger partial charge in [-0.1, -0.05) is 13.8 Å². The van der Waals surface area contributed by atoms with E-state index in [-0.39, 0.29) is 23.8 Å². The molecule has 3 aliphatic rings. The zero-order chi connectivity index (χ0) is 30.3. The number of fused-ring (bicyclic) bond motifs is 1. The van der Waals surface area contributed by atoms with Crippen molar-refractivity contribution in [2.75, 3.05) is 63.8 Å². The first-order valence-electron chi connectivity index (χ1n) is 15.9. The number of amides is 3. The summed E-state index contributed by atoms with van der Waals surface area (Å²) in [4.78, 5) is 57.4. The number of nitrogens with zero attached hydrogens (tertiary/aromatic N) is 8. The highest BCUT2D eigenvalue weighted by Gasteiger charge is 2.33. The molecule has 0 spiro atoms. The highest BCUT2D eigenvalue weighted by Crippen LogP contribution is 2.28. The van der Waals surface area contributed by atoms with E-state index in [2.05, 4.69) is 48.9 Å². The Morgan fingerprint density at radius 2 is 1.77 bits per heavy atom. The molecule has 1 aliphatic carbocycles. The average Bonchev–Trinajstić information content (AvgIpc) is 3.34. The zero-order valence-electron chi connectivity index (χ0n) is 26.0. The number of hydrogen-bond acceptors (Lipinski definition) is 8. The molecule has 3 amide bonds. The maximum Gasteiger partial charge on any atom is 0.272 e. The van der Waals surface area contributed by atoms with E-state index in [0.717, 1.165) is 62.6 Å². The molecule has 43 heavy (non-hydrogen) atoms. The fraction of sp³-hybridized carbons (Fsp3) is 0.677. The summed E-state index contributed by atoms with van der Waals surface area (Å²) in [6.07, 6.45) is 8.44. The van der Waals surface area contributed by atoms with Gasteiger partial charge in [0.05, 0.1) is 6.54 Å². The Kier molecular flexibility index (Phi) is 10.3. The van der Waals surface area contributed by atoms with E-state index in [1.54, 1.807) is 12.4 Å². The van der Waals surface area contributed by atoms with Gasteiger partial charge in [0.1, 0.15) is 0 Å². The van der Waals surface area contributed by atoms with Gasteiger partial charge in [-0.3, -0.25) is 24.0 Å². The minimum Gasteiger partial charge on any atom is -0.351 e. The second-order valence-electron chi connectivity index (χ2n) is 12.5. The third kappa shape index (κ3) is 7.70. The number of aryl methyl sites for hydroxylation is 1. The molecule has 2 aromatic heterocycles. The quantitative estimate of drug-likeness (QED) is 0.536. The van der Waals surface area contributed by atoms with E-state index in [4.69, 9.17) is 0 Å². The van der Waals surface area contributed by atoms with Crippen molar-refractivity contribution in [2.24, 2.45) is 13.0 Å². The highest BCUT2D eigenvalue weighted by atomic mass is 16.2. The average molecular weight is 594 g/mol. The number of nitrogens with one attached hydrogen (secondary N) is 1. The molecule has 1 N–H and O–H groups in total. The fourth-order valence-corrected chi connectivity index (χ4v) is 6.46. The van der Waals surface area contributed by atoms with Crippen LogP contribution in [0.4, 0.5) is 5.95 Å². The first-order valence-corrected chi connectivity index (χ1v) is 15.9. The number of anilines is 1. The largest absolute Gasteiger partial charge is 0.351 e. The molecule has 5 rings (SSSR count). The molecular formula is C31H47N9O3. The van der Waals surface area contributed by atoms with Gasteiger partial charge in [-0.05, 0) is 50.5 Å². The molecule has 234 valence electrons. The van der Waals surface area contributed by atoms with Crippen LogP contribution in [0, 0.1) is 5.92 Å². The van der Waals surface area contributed by atoms with E-state index < -0.39 is 0 Å². The summed E-state index contributed by atoms with van der Waals surface area (Å²) in [5.41, 5.74) is 2.54. The van der Waals surface area contributed by atoms with Crippen LogP contribution in [0.1, 0.15) is 67.7 Å². The van der Waals surface area contributed by atoms with Crippen LogP contribution in [-0.4, -0.2) is 117 Å². The van der Waals surface area contributed by atoms with E-state index >= 15 is 0 Å². The Morgan fingerprint density at radius 3 is 2.51 bits per heavy atom. The third-order valence-electron chi connectivity index (χ3n) is 8.98. The molecule has 0 radical (unpaired) electrons. The van der Waals surface area contributed by atoms with Gasteiger partial charge in [-0.25, -0.2) is 9.97 Å². The van der Waals surface area contributed by atoms with Crippen LogP contribution in [0.3, 0.4) is 0 Å². The molecule has 1 unspecified atom stereocenters. The minimum atomic E-state index is -0.175. The summed E-state index contributed by atoms with van der Waals surface area (Å²) in [5, 5.41) is 7.64. The van der Waals surface area contributed by atoms with Crippen molar-refractivity contribution in [3.05, 3.63) is 35.4 Å². The van der Waals surface area contributed by atoms with Gasteiger partial charge in [0.2, 0.25) is 17.8 Å². The van der Waals surface area contributed by atoms with Crippen LogP contribution >= 0.6 is 0 Å². The van der Waals surface area contributed by atoms with Crippen molar-refractivity contribution >= 4 is 23.7 Å². The predicted octanol–water partition coefficient (Wildman–Crippen LogP) is 1.51. The standard InChI is InChI=1S/C31H47N9O3/c1-23(2)10-16-40-24-8-9-26-25(21-24)29(35-36(26)3)30(43)32-13-6-15-38(14-4-7-27(40)41)28(42)22-37-17-19-39(20-18-37)31-33-11-5-12-34-31/h5,11-12,23-24H,4,6-10,13-22H2,1-3H3,(H,32,43). The molecular weight excluding hydrogens is 546 g/mol. The molecule has 4 heterocycles. The third-order valence-corrected chi connectivity index (χ3v) is 8.98. The lowest BCUT2D eigenvalue weighted by atomic mass is 9.89. The van der Waals surface area contributed by atoms with Crippen LogP contribution < -0.4 is 10.2 Å². The number of rotatable bonds is 6. The van der Waals surface area contributed by atoms with Crippen LogP contribution in [0.15, 0.2) is 18.5 Å². The van der Waals surface area contributed by atoms with Gasteiger partial charge >= 0.3 is 0 Å². The van der Waals surface area contributed by atoms with E-state index in [9.17, 15) is 14.4 Å². The lowest BCUT2D eigenvalue weighted by Gasteiger charge is -2.36. The molecule has 2 bridgehead atoms. The van der Waals surface area contributed by atoms with Crippen LogP contribution in [0.2, 0.25) is 0 Å². The molecule has 2 aliphatic heterocycles. The van der Waals surface area contributed by atoms with Gasteiger partial charge < -0.3 is 20.0 Å². The zero-order valence-corrected chi connectivity index (χ0v) is 26.0. The van der Waals surface area contributed by atoms with Crippen molar-refractivity contribution in [3.63, 3.8) is 0 Å². The van der Waals surface area contributed by atoms with Crippen molar-refractivity contribution in [1.29, 1.82) is 0 Å². The molecule has 0 saturated carbocycles. The van der Waals surface area contributed by atoms with Crippen molar-refractivity contribution < 1.29 is 14.4 Å². The van der Waals surface area contributed by atoms with Crippen molar-refractivity contribution in [3.8, 4) is 0 Å². The molecule has 1 saturated heterocycles. The smallest absolute Gasteiger partial charge is 0.272 e. The maximum atomic E-state index is 13.7. The lowest BCUT2D eigenvalue weighted by molar-refractivity contribution is -0.136. The second-order valence-corrected chi connectivity index (χ2v) is 12.5. The van der Waals surface area contributed by atoms with Crippen molar-refractivity contribution in [1.82, 2.24) is 39.8 Å². The Balaban J connectivity index is 1.25. The summed E-state index contributed by atoms with van der Waals surface area (Å²) < 4.78 is 1.83. The summed E-state index contributed by atoms with van der Waals surface area (Å²) in [7, 11) is 1.90. The minimum absolute atomic E-state index is 0.0531. The molecule has 12 heteroatoms. The summed E-state index contributed by atoms with van der Waals surface area (Å²) in [6.45, 7) is 9.99. The van der Waals surface area contributed by atoms with Crippen LogP contribution in [-0.2, 0) is 29.5 Å². The van der Waals surface area contributed by atoms with Gasteiger partial charge in [0.25, 0.3) is 5.91 Å². The fourth-order valence-electron chi connectivity index (χ4n) is 6.46. The van der Waals surface area contributed by atoms with Crippen molar-refractivity contribution in [2.45, 2.75) is 64.8 Å². The van der Waals surface area contributed by atoms with Crippen LogP contribution in [0.25, 0.3) is 0 Å². The first kappa shape index (κ1) is 30.9. The van der Waals surface area contributed by atoms with E-state index in [1.807, 2.05) is 22.7 Å². The predicted molar refractivity (Wildman–Crippen MR) is 164 cm³/mol. The number of aromatic nitrogens is 4.